The summed E-state index contributed by atoms with van der Waals surface area (Å²) < 4.78 is 5.29. The van der Waals surface area contributed by atoms with E-state index in [0.29, 0.717) is 25.2 Å². The van der Waals surface area contributed by atoms with Crippen LogP contribution in [0.4, 0.5) is 0 Å². The van der Waals surface area contributed by atoms with Gasteiger partial charge in [-0.3, -0.25) is 4.79 Å². The number of aryl methyl sites for hydroxylation is 1. The molecule has 1 amide bonds. The van der Waals surface area contributed by atoms with Gasteiger partial charge < -0.3 is 20.3 Å². The minimum Gasteiger partial charge on any atom is -0.508 e. The van der Waals surface area contributed by atoms with Crippen LogP contribution >= 0.6 is 0 Å². The van der Waals surface area contributed by atoms with E-state index in [9.17, 15) is 19.8 Å². The molecule has 21 heavy (non-hydrogen) atoms. The van der Waals surface area contributed by atoms with Crippen molar-refractivity contribution in [1.29, 1.82) is 0 Å². The maximum atomic E-state index is 12.2. The van der Waals surface area contributed by atoms with E-state index in [2.05, 4.69) is 5.32 Å². The molecule has 0 bridgehead atoms. The van der Waals surface area contributed by atoms with Crippen LogP contribution in [0.15, 0.2) is 18.2 Å². The second-order valence-electron chi connectivity index (χ2n) is 5.27. The Morgan fingerprint density at radius 3 is 2.81 bits per heavy atom. The number of hydrogen-bond donors (Lipinski definition) is 3. The first-order valence-electron chi connectivity index (χ1n) is 6.90. The van der Waals surface area contributed by atoms with Gasteiger partial charge in [-0.15, -0.1) is 0 Å². The summed E-state index contributed by atoms with van der Waals surface area (Å²) in [5.74, 6) is -1.84. The van der Waals surface area contributed by atoms with Crippen molar-refractivity contribution in [3.05, 3.63) is 29.3 Å². The van der Waals surface area contributed by atoms with E-state index in [-0.39, 0.29) is 17.2 Å². The van der Waals surface area contributed by atoms with Gasteiger partial charge in [-0.1, -0.05) is 6.07 Å². The molecule has 0 aromatic heterocycles. The first kappa shape index (κ1) is 15.3. The van der Waals surface area contributed by atoms with E-state index >= 15 is 0 Å². The quantitative estimate of drug-likeness (QED) is 0.778. The van der Waals surface area contributed by atoms with Gasteiger partial charge in [0.05, 0.1) is 6.61 Å². The normalized spacial score (nSPS) is 19.8. The maximum absolute atomic E-state index is 12.2. The zero-order valence-corrected chi connectivity index (χ0v) is 11.8. The van der Waals surface area contributed by atoms with Crippen LogP contribution in [0.2, 0.25) is 0 Å². The number of carboxylic acids is 1. The zero-order chi connectivity index (χ0) is 15.4. The number of aliphatic carboxylic acids is 1. The summed E-state index contributed by atoms with van der Waals surface area (Å²) in [5, 5.41) is 21.3. The molecule has 114 valence electrons. The maximum Gasteiger partial charge on any atom is 0.326 e. The summed E-state index contributed by atoms with van der Waals surface area (Å²) in [4.78, 5) is 23.6. The van der Waals surface area contributed by atoms with E-state index < -0.39 is 17.9 Å². The first-order chi connectivity index (χ1) is 9.99. The molecule has 0 spiro atoms. The summed E-state index contributed by atoms with van der Waals surface area (Å²) >= 11 is 0. The molecule has 1 aromatic carbocycles. The monoisotopic (exact) mass is 293 g/mol. The molecule has 1 heterocycles. The topological polar surface area (TPSA) is 95.9 Å². The summed E-state index contributed by atoms with van der Waals surface area (Å²) in [6.45, 7) is 2.69. The Bertz CT molecular complexity index is 537. The molecule has 0 saturated carbocycles. The van der Waals surface area contributed by atoms with Crippen LogP contribution in [0.1, 0.15) is 28.8 Å². The summed E-state index contributed by atoms with van der Waals surface area (Å²) in [6, 6.07) is 3.44. The number of rotatable bonds is 4. The van der Waals surface area contributed by atoms with Crippen molar-refractivity contribution >= 4 is 11.9 Å². The van der Waals surface area contributed by atoms with E-state index in [1.54, 1.807) is 13.0 Å². The Morgan fingerprint density at radius 1 is 1.43 bits per heavy atom. The van der Waals surface area contributed by atoms with Gasteiger partial charge in [0, 0.05) is 18.1 Å². The number of carbonyl (C=O) groups is 2. The Kier molecular flexibility index (Phi) is 4.80. The molecule has 3 N–H and O–H groups in total. The fourth-order valence-corrected chi connectivity index (χ4v) is 2.48. The summed E-state index contributed by atoms with van der Waals surface area (Å²) in [6.07, 6.45) is 1.49. The van der Waals surface area contributed by atoms with Crippen molar-refractivity contribution in [3.63, 3.8) is 0 Å². The molecule has 6 heteroatoms. The van der Waals surface area contributed by atoms with Crippen LogP contribution in [0, 0.1) is 12.8 Å². The number of hydrogen-bond acceptors (Lipinski definition) is 4. The predicted octanol–water partition coefficient (Wildman–Crippen LogP) is 1.31. The van der Waals surface area contributed by atoms with Crippen molar-refractivity contribution in [2.75, 3.05) is 13.2 Å². The van der Waals surface area contributed by atoms with E-state index in [0.717, 1.165) is 6.42 Å². The second-order valence-corrected chi connectivity index (χ2v) is 5.27. The van der Waals surface area contributed by atoms with Crippen molar-refractivity contribution in [1.82, 2.24) is 5.32 Å². The Hall–Kier alpha value is -2.08. The third kappa shape index (κ3) is 3.72. The van der Waals surface area contributed by atoms with Gasteiger partial charge in [-0.2, -0.15) is 0 Å². The van der Waals surface area contributed by atoms with Crippen LogP contribution in [-0.2, 0) is 9.53 Å². The zero-order valence-electron chi connectivity index (χ0n) is 11.8. The van der Waals surface area contributed by atoms with Crippen molar-refractivity contribution in [3.8, 4) is 5.75 Å². The third-order valence-corrected chi connectivity index (χ3v) is 3.69. The van der Waals surface area contributed by atoms with E-state index in [4.69, 9.17) is 4.74 Å². The van der Waals surface area contributed by atoms with Gasteiger partial charge in [-0.25, -0.2) is 4.79 Å². The third-order valence-electron chi connectivity index (χ3n) is 3.69. The molecule has 6 nitrogen and oxygen atoms in total. The second kappa shape index (κ2) is 6.58. The lowest BCUT2D eigenvalue weighted by molar-refractivity contribution is -0.142. The number of carbonyl (C=O) groups excluding carboxylic acids is 1. The van der Waals surface area contributed by atoms with Crippen LogP contribution in [0.25, 0.3) is 0 Å². The lowest BCUT2D eigenvalue weighted by Gasteiger charge is -2.28. The molecule has 1 saturated heterocycles. The average Bonchev–Trinajstić information content (AvgIpc) is 2.47. The lowest BCUT2D eigenvalue weighted by Crippen LogP contribution is -2.48. The molecule has 0 aliphatic carbocycles. The summed E-state index contributed by atoms with van der Waals surface area (Å²) in [7, 11) is 0. The number of ether oxygens (including phenoxy) is 1. The minimum absolute atomic E-state index is 0.0291. The van der Waals surface area contributed by atoms with Crippen molar-refractivity contribution < 1.29 is 24.5 Å². The van der Waals surface area contributed by atoms with Crippen LogP contribution in [-0.4, -0.2) is 41.3 Å². The van der Waals surface area contributed by atoms with Gasteiger partial charge in [0.2, 0.25) is 0 Å². The SMILES string of the molecule is Cc1ccc(O)cc1C(=O)NC(C(=O)O)C1CCCOC1. The molecule has 1 aliphatic rings. The Labute approximate surface area is 122 Å². The molecule has 1 aromatic rings. The lowest BCUT2D eigenvalue weighted by atomic mass is 9.93. The van der Waals surface area contributed by atoms with Gasteiger partial charge in [-0.05, 0) is 37.5 Å². The highest BCUT2D eigenvalue weighted by Crippen LogP contribution is 2.20. The number of nitrogens with one attached hydrogen (secondary N) is 1. The summed E-state index contributed by atoms with van der Waals surface area (Å²) in [5.41, 5.74) is 0.951. The molecular weight excluding hydrogens is 274 g/mol. The molecule has 0 radical (unpaired) electrons. The van der Waals surface area contributed by atoms with Crippen LogP contribution < -0.4 is 5.32 Å². The number of amides is 1. The van der Waals surface area contributed by atoms with Gasteiger partial charge in [0.25, 0.3) is 5.91 Å². The fourth-order valence-electron chi connectivity index (χ4n) is 2.48. The molecule has 2 rings (SSSR count). The highest BCUT2D eigenvalue weighted by Gasteiger charge is 2.31. The Balaban J connectivity index is 2.14. The fraction of sp³-hybridized carbons (Fsp3) is 0.467. The standard InChI is InChI=1S/C15H19NO5/c1-9-4-5-11(17)7-12(9)14(18)16-13(15(19)20)10-3-2-6-21-8-10/h4-5,7,10,13,17H,2-3,6,8H2,1H3,(H,16,18)(H,19,20). The minimum atomic E-state index is -1.07. The Morgan fingerprint density at radius 2 is 2.19 bits per heavy atom. The molecule has 1 fully saturated rings. The number of carboxylic acid groups (broad SMARTS) is 1. The number of phenols is 1. The average molecular weight is 293 g/mol. The highest BCUT2D eigenvalue weighted by atomic mass is 16.5. The van der Waals surface area contributed by atoms with E-state index in [1.165, 1.54) is 12.1 Å². The first-order valence-corrected chi connectivity index (χ1v) is 6.90. The molecule has 1 aliphatic heterocycles. The molecule has 2 atom stereocenters. The van der Waals surface area contributed by atoms with Crippen LogP contribution in [0.5, 0.6) is 5.75 Å². The molecule has 2 unspecified atom stereocenters. The van der Waals surface area contributed by atoms with Crippen molar-refractivity contribution in [2.24, 2.45) is 5.92 Å². The van der Waals surface area contributed by atoms with Crippen molar-refractivity contribution in [2.45, 2.75) is 25.8 Å². The smallest absolute Gasteiger partial charge is 0.326 e. The number of phenolic OH excluding ortho intramolecular Hbond substituents is 1. The molecular formula is C15H19NO5. The number of aromatic hydroxyl groups is 1. The predicted molar refractivity (Wildman–Crippen MR) is 75.3 cm³/mol. The van der Waals surface area contributed by atoms with Gasteiger partial charge in [0.15, 0.2) is 0 Å². The number of benzene rings is 1. The van der Waals surface area contributed by atoms with Gasteiger partial charge >= 0.3 is 5.97 Å². The van der Waals surface area contributed by atoms with Gasteiger partial charge in [0.1, 0.15) is 11.8 Å². The van der Waals surface area contributed by atoms with Crippen LogP contribution in [0.3, 0.4) is 0 Å². The largest absolute Gasteiger partial charge is 0.508 e. The van der Waals surface area contributed by atoms with E-state index in [1.807, 2.05) is 0 Å². The highest BCUT2D eigenvalue weighted by molar-refractivity contribution is 5.98.